The van der Waals surface area contributed by atoms with Crippen molar-refractivity contribution >= 4 is 37.5 Å². The van der Waals surface area contributed by atoms with E-state index in [0.29, 0.717) is 10.4 Å². The molecule has 1 aliphatic rings. The molecule has 138 valence electrons. The molecule has 1 aliphatic heterocycles. The fraction of sp³-hybridized carbons (Fsp3) is 0.0769. The van der Waals surface area contributed by atoms with E-state index in [0.717, 1.165) is 12.3 Å². The zero-order valence-electron chi connectivity index (χ0n) is 12.7. The number of anilines is 2. The number of rotatable bonds is 4. The number of benzene rings is 1. The Morgan fingerprint density at radius 1 is 1.35 bits per heavy atom. The SMILES string of the molecule is O=C1CN(c2c(O)cc(NS(=O)(=O)c3cccnc3)cc2F)S(=O)(=O)N1. The van der Waals surface area contributed by atoms with E-state index in [1.54, 1.807) is 4.72 Å². The third kappa shape index (κ3) is 3.25. The highest BCUT2D eigenvalue weighted by Gasteiger charge is 2.37. The topological polar surface area (TPSA) is 146 Å². The van der Waals surface area contributed by atoms with Crippen LogP contribution in [0.1, 0.15) is 0 Å². The summed E-state index contributed by atoms with van der Waals surface area (Å²) in [5, 5.41) is 9.99. The molecule has 13 heteroatoms. The smallest absolute Gasteiger partial charge is 0.326 e. The molecule has 0 atom stereocenters. The summed E-state index contributed by atoms with van der Waals surface area (Å²) in [7, 11) is -8.44. The highest BCUT2D eigenvalue weighted by molar-refractivity contribution is 7.92. The van der Waals surface area contributed by atoms with Crippen molar-refractivity contribution in [1.29, 1.82) is 0 Å². The molecule has 1 fully saturated rings. The summed E-state index contributed by atoms with van der Waals surface area (Å²) >= 11 is 0. The number of hydrogen-bond donors (Lipinski definition) is 3. The average molecular weight is 402 g/mol. The van der Waals surface area contributed by atoms with Crippen LogP contribution in [0.3, 0.4) is 0 Å². The van der Waals surface area contributed by atoms with Crippen molar-refractivity contribution in [2.24, 2.45) is 0 Å². The van der Waals surface area contributed by atoms with Crippen LogP contribution in [0.4, 0.5) is 15.8 Å². The van der Waals surface area contributed by atoms with E-state index in [4.69, 9.17) is 0 Å². The molecule has 1 saturated heterocycles. The molecule has 1 aromatic carbocycles. The first-order chi connectivity index (χ1) is 12.1. The molecule has 1 amide bonds. The van der Waals surface area contributed by atoms with Gasteiger partial charge in [0.05, 0.1) is 5.69 Å². The third-order valence-corrected chi connectivity index (χ3v) is 6.05. The first kappa shape index (κ1) is 17.9. The number of hydrogen-bond acceptors (Lipinski definition) is 7. The molecule has 3 rings (SSSR count). The van der Waals surface area contributed by atoms with Gasteiger partial charge in [0.15, 0.2) is 5.82 Å². The summed E-state index contributed by atoms with van der Waals surface area (Å²) < 4.78 is 66.3. The van der Waals surface area contributed by atoms with Gasteiger partial charge in [-0.2, -0.15) is 8.42 Å². The first-order valence-electron chi connectivity index (χ1n) is 6.89. The minimum Gasteiger partial charge on any atom is -0.506 e. The van der Waals surface area contributed by atoms with Gasteiger partial charge >= 0.3 is 10.2 Å². The van der Waals surface area contributed by atoms with Gasteiger partial charge in [-0.15, -0.1) is 0 Å². The number of pyridine rings is 1. The lowest BCUT2D eigenvalue weighted by molar-refractivity contribution is -0.117. The number of nitrogens with zero attached hydrogens (tertiary/aromatic N) is 2. The van der Waals surface area contributed by atoms with Crippen LogP contribution >= 0.6 is 0 Å². The maximum Gasteiger partial charge on any atom is 0.326 e. The lowest BCUT2D eigenvalue weighted by Gasteiger charge is -2.18. The number of sulfonamides is 1. The number of amides is 1. The highest BCUT2D eigenvalue weighted by atomic mass is 32.2. The van der Waals surface area contributed by atoms with Crippen molar-refractivity contribution in [3.8, 4) is 5.75 Å². The molecule has 3 N–H and O–H groups in total. The highest BCUT2D eigenvalue weighted by Crippen LogP contribution is 2.36. The van der Waals surface area contributed by atoms with Crippen LogP contribution in [-0.2, 0) is 25.0 Å². The molecular weight excluding hydrogens is 391 g/mol. The normalized spacial score (nSPS) is 16.3. The van der Waals surface area contributed by atoms with Crippen LogP contribution in [-0.4, -0.2) is 39.4 Å². The largest absolute Gasteiger partial charge is 0.506 e. The molecular formula is C13H11FN4O6S2. The van der Waals surface area contributed by atoms with Crippen molar-refractivity contribution in [3.05, 3.63) is 42.5 Å². The van der Waals surface area contributed by atoms with Crippen molar-refractivity contribution < 1.29 is 31.1 Å². The lowest BCUT2D eigenvalue weighted by atomic mass is 10.2. The fourth-order valence-electron chi connectivity index (χ4n) is 2.26. The van der Waals surface area contributed by atoms with Gasteiger partial charge in [0, 0.05) is 24.5 Å². The van der Waals surface area contributed by atoms with Crippen molar-refractivity contribution in [2.45, 2.75) is 4.90 Å². The minimum absolute atomic E-state index is 0.194. The Morgan fingerprint density at radius 2 is 2.08 bits per heavy atom. The Kier molecular flexibility index (Phi) is 4.20. The van der Waals surface area contributed by atoms with Crippen molar-refractivity contribution in [1.82, 2.24) is 9.71 Å². The van der Waals surface area contributed by atoms with Gasteiger partial charge in [-0.25, -0.2) is 21.8 Å². The van der Waals surface area contributed by atoms with Gasteiger partial charge in [0.2, 0.25) is 0 Å². The summed E-state index contributed by atoms with van der Waals surface area (Å²) in [4.78, 5) is 14.7. The summed E-state index contributed by atoms with van der Waals surface area (Å²) in [6.07, 6.45) is 2.44. The average Bonchev–Trinajstić information content (AvgIpc) is 2.79. The lowest BCUT2D eigenvalue weighted by Crippen LogP contribution is -2.30. The van der Waals surface area contributed by atoms with E-state index in [1.165, 1.54) is 18.3 Å². The molecule has 0 radical (unpaired) electrons. The molecule has 2 aromatic rings. The Balaban J connectivity index is 1.97. The molecule has 0 spiro atoms. The molecule has 26 heavy (non-hydrogen) atoms. The number of carbonyl (C=O) groups is 1. The second kappa shape index (κ2) is 6.10. The minimum atomic E-state index is -4.34. The second-order valence-corrected chi connectivity index (χ2v) is 8.43. The maximum absolute atomic E-state index is 14.4. The van der Waals surface area contributed by atoms with Crippen LogP contribution in [0.25, 0.3) is 0 Å². The zero-order chi connectivity index (χ0) is 19.1. The number of nitrogens with one attached hydrogen (secondary N) is 2. The Labute approximate surface area is 147 Å². The Hall–Kier alpha value is -2.93. The predicted octanol–water partition coefficient (Wildman–Crippen LogP) is -0.0919. The van der Waals surface area contributed by atoms with E-state index in [-0.39, 0.29) is 10.6 Å². The molecule has 10 nitrogen and oxygen atoms in total. The van der Waals surface area contributed by atoms with Crippen molar-refractivity contribution in [3.63, 3.8) is 0 Å². The van der Waals surface area contributed by atoms with E-state index >= 15 is 0 Å². The van der Waals surface area contributed by atoms with Crippen LogP contribution in [0.5, 0.6) is 5.75 Å². The number of aromatic nitrogens is 1. The number of phenolic OH excluding ortho intramolecular Hbond substituents is 1. The first-order valence-corrected chi connectivity index (χ1v) is 9.81. The molecule has 0 saturated carbocycles. The van der Waals surface area contributed by atoms with Gasteiger partial charge < -0.3 is 5.11 Å². The van der Waals surface area contributed by atoms with E-state index < -0.39 is 49.9 Å². The van der Waals surface area contributed by atoms with Crippen LogP contribution < -0.4 is 13.7 Å². The number of aromatic hydroxyl groups is 1. The monoisotopic (exact) mass is 402 g/mol. The molecule has 0 unspecified atom stereocenters. The van der Waals surface area contributed by atoms with Crippen LogP contribution in [0.2, 0.25) is 0 Å². The standard InChI is InChI=1S/C13H11FN4O6S2/c14-10-4-8(16-25(21,22)9-2-1-3-15-6-9)5-11(19)13(10)18-7-12(20)17-26(18,23)24/h1-6,16,19H,7H2,(H,17,20). The van der Waals surface area contributed by atoms with Crippen LogP contribution in [0, 0.1) is 5.82 Å². The molecule has 0 aliphatic carbocycles. The van der Waals surface area contributed by atoms with Gasteiger partial charge in [0.1, 0.15) is 22.9 Å². The number of phenols is 1. The second-order valence-electron chi connectivity index (χ2n) is 5.16. The van der Waals surface area contributed by atoms with Crippen LogP contribution in [0.15, 0.2) is 41.6 Å². The summed E-state index contributed by atoms with van der Waals surface area (Å²) in [6, 6.07) is 4.15. The van der Waals surface area contributed by atoms with Gasteiger partial charge in [-0.1, -0.05) is 0 Å². The molecule has 1 aromatic heterocycles. The third-order valence-electron chi connectivity index (χ3n) is 3.31. The maximum atomic E-state index is 14.4. The number of carbonyl (C=O) groups excluding carboxylic acids is 1. The van der Waals surface area contributed by atoms with Gasteiger partial charge in [0.25, 0.3) is 15.9 Å². The summed E-state index contributed by atoms with van der Waals surface area (Å²) in [5.74, 6) is -3.01. The molecule has 0 bridgehead atoms. The van der Waals surface area contributed by atoms with Crippen molar-refractivity contribution in [2.75, 3.05) is 15.6 Å². The Bertz CT molecular complexity index is 1070. The quantitative estimate of drug-likeness (QED) is 0.648. The zero-order valence-corrected chi connectivity index (χ0v) is 14.4. The van der Waals surface area contributed by atoms with E-state index in [2.05, 4.69) is 4.98 Å². The summed E-state index contributed by atoms with van der Waals surface area (Å²) in [6.45, 7) is -0.715. The Morgan fingerprint density at radius 3 is 2.62 bits per heavy atom. The van der Waals surface area contributed by atoms with E-state index in [1.807, 2.05) is 4.72 Å². The van der Waals surface area contributed by atoms with E-state index in [9.17, 15) is 31.1 Å². The molecule has 2 heterocycles. The van der Waals surface area contributed by atoms with Gasteiger partial charge in [-0.3, -0.25) is 14.5 Å². The van der Waals surface area contributed by atoms with Gasteiger partial charge in [-0.05, 0) is 12.1 Å². The number of halogens is 1. The fourth-order valence-corrected chi connectivity index (χ4v) is 4.43. The summed E-state index contributed by atoms with van der Waals surface area (Å²) in [5.41, 5.74) is -1.11. The predicted molar refractivity (Wildman–Crippen MR) is 87.5 cm³/mol.